The normalized spacial score (nSPS) is 16.6. The van der Waals surface area contributed by atoms with E-state index in [1.165, 1.54) is 11.3 Å². The zero-order valence-corrected chi connectivity index (χ0v) is 19.2. The minimum atomic E-state index is 0.399. The zero-order valence-electron chi connectivity index (χ0n) is 19.2. The van der Waals surface area contributed by atoms with Crippen LogP contribution < -0.4 is 20.3 Å². The van der Waals surface area contributed by atoms with Crippen LogP contribution in [0.4, 0.5) is 5.69 Å². The predicted octanol–water partition coefficient (Wildman–Crippen LogP) is 3.35. The van der Waals surface area contributed by atoms with Crippen molar-refractivity contribution in [3.63, 3.8) is 0 Å². The Morgan fingerprint density at radius 2 is 1.90 bits per heavy atom. The lowest BCUT2D eigenvalue weighted by atomic mass is 10.2. The Hall–Kier alpha value is -2.73. The van der Waals surface area contributed by atoms with Crippen molar-refractivity contribution in [3.05, 3.63) is 60.2 Å². The number of guanidine groups is 1. The number of nitrogens with zero attached hydrogens (tertiary/aromatic N) is 3. The first kappa shape index (κ1) is 22.9. The molecule has 2 aromatic rings. The molecule has 1 unspecified atom stereocenters. The Labute approximate surface area is 187 Å². The molecule has 2 aromatic carbocycles. The highest BCUT2D eigenvalue weighted by Crippen LogP contribution is 2.19. The molecule has 2 N–H and O–H groups in total. The second kappa shape index (κ2) is 12.2. The molecule has 1 atom stereocenters. The topological polar surface area (TPSA) is 52.1 Å². The Morgan fingerprint density at radius 1 is 1.13 bits per heavy atom. The first-order valence-electron chi connectivity index (χ1n) is 11.4. The Kier molecular flexibility index (Phi) is 9.03. The minimum Gasteiger partial charge on any atom is -0.494 e. The van der Waals surface area contributed by atoms with Crippen LogP contribution in [0.25, 0.3) is 0 Å². The molecule has 1 heterocycles. The number of aliphatic imine (C=N–C) groups is 1. The van der Waals surface area contributed by atoms with Crippen molar-refractivity contribution in [1.29, 1.82) is 0 Å². The van der Waals surface area contributed by atoms with E-state index in [4.69, 9.17) is 9.73 Å². The second-order valence-corrected chi connectivity index (χ2v) is 8.26. The van der Waals surface area contributed by atoms with Crippen molar-refractivity contribution in [1.82, 2.24) is 15.5 Å². The van der Waals surface area contributed by atoms with Gasteiger partial charge < -0.3 is 25.2 Å². The fourth-order valence-electron chi connectivity index (χ4n) is 3.70. The van der Waals surface area contributed by atoms with E-state index in [0.29, 0.717) is 12.6 Å². The molecule has 6 nitrogen and oxygen atoms in total. The molecular formula is C25H37N5O. The number of hydrogen-bond donors (Lipinski definition) is 2. The third-order valence-electron chi connectivity index (χ3n) is 5.36. The van der Waals surface area contributed by atoms with E-state index in [9.17, 15) is 0 Å². The van der Waals surface area contributed by atoms with Crippen molar-refractivity contribution < 1.29 is 4.74 Å². The predicted molar refractivity (Wildman–Crippen MR) is 130 cm³/mol. The van der Waals surface area contributed by atoms with Gasteiger partial charge in [0.15, 0.2) is 5.96 Å². The highest BCUT2D eigenvalue weighted by Gasteiger charge is 2.23. The van der Waals surface area contributed by atoms with Gasteiger partial charge in [-0.2, -0.15) is 0 Å². The summed E-state index contributed by atoms with van der Waals surface area (Å²) in [5, 5.41) is 6.99. The number of hydrogen-bond acceptors (Lipinski definition) is 4. The maximum Gasteiger partial charge on any atom is 0.191 e. The van der Waals surface area contributed by atoms with Gasteiger partial charge in [-0.25, -0.2) is 4.99 Å². The van der Waals surface area contributed by atoms with Crippen LogP contribution in [0.3, 0.4) is 0 Å². The van der Waals surface area contributed by atoms with E-state index in [-0.39, 0.29) is 0 Å². The smallest absolute Gasteiger partial charge is 0.191 e. The van der Waals surface area contributed by atoms with Gasteiger partial charge in [-0.15, -0.1) is 0 Å². The SMILES string of the molecule is CCNC(=NCc1ccc(OCCCN(C)C)cc1)NC1CCN(c2ccccc2)C1. The molecule has 0 radical (unpaired) electrons. The van der Waals surface area contributed by atoms with E-state index in [1.54, 1.807) is 0 Å². The van der Waals surface area contributed by atoms with Crippen molar-refractivity contribution in [2.75, 3.05) is 51.8 Å². The average Bonchev–Trinajstić information content (AvgIpc) is 3.25. The summed E-state index contributed by atoms with van der Waals surface area (Å²) in [5.41, 5.74) is 2.47. The fourth-order valence-corrected chi connectivity index (χ4v) is 3.70. The molecule has 0 aromatic heterocycles. The average molecular weight is 424 g/mol. The lowest BCUT2D eigenvalue weighted by molar-refractivity contribution is 0.281. The summed E-state index contributed by atoms with van der Waals surface area (Å²) in [7, 11) is 4.16. The third-order valence-corrected chi connectivity index (χ3v) is 5.36. The van der Waals surface area contributed by atoms with Crippen LogP contribution in [0.5, 0.6) is 5.75 Å². The number of benzene rings is 2. The van der Waals surface area contributed by atoms with Crippen molar-refractivity contribution in [2.45, 2.75) is 32.4 Å². The largest absolute Gasteiger partial charge is 0.494 e. The lowest BCUT2D eigenvalue weighted by Crippen LogP contribution is -2.44. The van der Waals surface area contributed by atoms with Crippen LogP contribution in [-0.4, -0.2) is 63.8 Å². The van der Waals surface area contributed by atoms with Gasteiger partial charge in [0.05, 0.1) is 13.2 Å². The summed E-state index contributed by atoms with van der Waals surface area (Å²) >= 11 is 0. The summed E-state index contributed by atoms with van der Waals surface area (Å²) < 4.78 is 5.82. The number of ether oxygens (including phenoxy) is 1. The maximum atomic E-state index is 5.82. The second-order valence-electron chi connectivity index (χ2n) is 8.26. The molecule has 1 saturated heterocycles. The maximum absolute atomic E-state index is 5.82. The number of anilines is 1. The molecule has 0 spiro atoms. The Balaban J connectivity index is 1.48. The van der Waals surface area contributed by atoms with Crippen molar-refractivity contribution >= 4 is 11.6 Å². The van der Waals surface area contributed by atoms with Crippen LogP contribution >= 0.6 is 0 Å². The summed E-state index contributed by atoms with van der Waals surface area (Å²) in [6, 6.07) is 19.3. The molecular weight excluding hydrogens is 386 g/mol. The van der Waals surface area contributed by atoms with Gasteiger partial charge in [-0.05, 0) is 63.7 Å². The van der Waals surface area contributed by atoms with E-state index in [1.807, 2.05) is 12.1 Å². The van der Waals surface area contributed by atoms with Crippen molar-refractivity contribution in [3.8, 4) is 5.75 Å². The van der Waals surface area contributed by atoms with E-state index in [0.717, 1.165) is 57.3 Å². The Morgan fingerprint density at radius 3 is 2.61 bits per heavy atom. The molecule has 1 aliphatic heterocycles. The molecule has 0 amide bonds. The molecule has 1 aliphatic rings. The van der Waals surface area contributed by atoms with E-state index >= 15 is 0 Å². The van der Waals surface area contributed by atoms with Gasteiger partial charge in [0.2, 0.25) is 0 Å². The van der Waals surface area contributed by atoms with Gasteiger partial charge in [-0.3, -0.25) is 0 Å². The van der Waals surface area contributed by atoms with Crippen LogP contribution in [0, 0.1) is 0 Å². The molecule has 0 aliphatic carbocycles. The number of nitrogens with one attached hydrogen (secondary N) is 2. The lowest BCUT2D eigenvalue weighted by Gasteiger charge is -2.20. The van der Waals surface area contributed by atoms with E-state index < -0.39 is 0 Å². The van der Waals surface area contributed by atoms with E-state index in [2.05, 4.69) is 83.9 Å². The fraction of sp³-hybridized carbons (Fsp3) is 0.480. The van der Waals surface area contributed by atoms with Gasteiger partial charge in [0, 0.05) is 37.9 Å². The summed E-state index contributed by atoms with van der Waals surface area (Å²) in [6.45, 7) is 7.44. The zero-order chi connectivity index (χ0) is 21.9. The summed E-state index contributed by atoms with van der Waals surface area (Å²) in [5.74, 6) is 1.80. The molecule has 1 fully saturated rings. The molecule has 31 heavy (non-hydrogen) atoms. The summed E-state index contributed by atoms with van der Waals surface area (Å²) in [6.07, 6.45) is 2.14. The number of para-hydroxylation sites is 1. The quantitative estimate of drug-likeness (QED) is 0.349. The standard InChI is InChI=1S/C25H37N5O/c1-4-26-25(28-22-15-17-30(20-22)23-9-6-5-7-10-23)27-19-21-11-13-24(14-12-21)31-18-8-16-29(2)3/h5-7,9-14,22H,4,8,15-20H2,1-3H3,(H2,26,27,28). The van der Waals surface area contributed by atoms with Crippen LogP contribution in [0.15, 0.2) is 59.6 Å². The first-order valence-corrected chi connectivity index (χ1v) is 11.4. The Bertz CT molecular complexity index is 791. The molecule has 0 bridgehead atoms. The van der Waals surface area contributed by atoms with Gasteiger partial charge in [-0.1, -0.05) is 30.3 Å². The van der Waals surface area contributed by atoms with Gasteiger partial charge in [0.25, 0.3) is 0 Å². The molecule has 6 heteroatoms. The third kappa shape index (κ3) is 7.79. The molecule has 3 rings (SSSR count). The van der Waals surface area contributed by atoms with Crippen LogP contribution in [-0.2, 0) is 6.54 Å². The minimum absolute atomic E-state index is 0.399. The number of rotatable bonds is 10. The van der Waals surface area contributed by atoms with Gasteiger partial charge >= 0.3 is 0 Å². The first-order chi connectivity index (χ1) is 15.1. The molecule has 168 valence electrons. The van der Waals surface area contributed by atoms with Crippen LogP contribution in [0.2, 0.25) is 0 Å². The summed E-state index contributed by atoms with van der Waals surface area (Å²) in [4.78, 5) is 9.40. The monoisotopic (exact) mass is 423 g/mol. The molecule has 0 saturated carbocycles. The van der Waals surface area contributed by atoms with Crippen LogP contribution in [0.1, 0.15) is 25.3 Å². The van der Waals surface area contributed by atoms with Gasteiger partial charge in [0.1, 0.15) is 5.75 Å². The van der Waals surface area contributed by atoms with Crippen molar-refractivity contribution in [2.24, 2.45) is 4.99 Å². The highest BCUT2D eigenvalue weighted by molar-refractivity contribution is 5.80. The highest BCUT2D eigenvalue weighted by atomic mass is 16.5.